The third-order valence-electron chi connectivity index (χ3n) is 4.32. The number of Topliss-reactive ketones (excluding diaryl/α,β-unsaturated/α-hetero) is 1. The second kappa shape index (κ2) is 5.12. The molecule has 1 aromatic rings. The second-order valence-electron chi connectivity index (χ2n) is 5.68. The van der Waals surface area contributed by atoms with E-state index in [4.69, 9.17) is 4.74 Å². The van der Waals surface area contributed by atoms with E-state index in [2.05, 4.69) is 0 Å². The van der Waals surface area contributed by atoms with Gasteiger partial charge in [-0.3, -0.25) is 9.59 Å². The molecule has 0 aromatic heterocycles. The summed E-state index contributed by atoms with van der Waals surface area (Å²) in [6.45, 7) is 0. The van der Waals surface area contributed by atoms with Gasteiger partial charge in [0.15, 0.2) is 5.60 Å². The Kier molecular flexibility index (Phi) is 3.35. The molecule has 2 unspecified atom stereocenters. The van der Waals surface area contributed by atoms with E-state index < -0.39 is 29.2 Å². The zero-order valence-electron chi connectivity index (χ0n) is 12.0. The molecular formula is C16H14O7. The van der Waals surface area contributed by atoms with Gasteiger partial charge in [0, 0.05) is 12.0 Å². The van der Waals surface area contributed by atoms with Crippen molar-refractivity contribution >= 4 is 17.7 Å². The summed E-state index contributed by atoms with van der Waals surface area (Å²) >= 11 is 0. The van der Waals surface area contributed by atoms with E-state index >= 15 is 0 Å². The van der Waals surface area contributed by atoms with Crippen LogP contribution in [0.2, 0.25) is 0 Å². The third-order valence-corrected chi connectivity index (χ3v) is 4.32. The number of fused-ring (bicyclic) bond motifs is 1. The predicted molar refractivity (Wildman–Crippen MR) is 76.5 cm³/mol. The lowest BCUT2D eigenvalue weighted by atomic mass is 9.77. The van der Waals surface area contributed by atoms with E-state index in [-0.39, 0.29) is 41.9 Å². The summed E-state index contributed by atoms with van der Waals surface area (Å²) < 4.78 is 5.69. The molecule has 2 aliphatic rings. The number of aliphatic carboxylic acids is 2. The molecule has 23 heavy (non-hydrogen) atoms. The fourth-order valence-electron chi connectivity index (χ4n) is 3.22. The van der Waals surface area contributed by atoms with E-state index in [1.165, 1.54) is 24.3 Å². The molecule has 1 spiro atoms. The zero-order valence-corrected chi connectivity index (χ0v) is 12.0. The predicted octanol–water partition coefficient (Wildman–Crippen LogP) is 1.60. The minimum Gasteiger partial charge on any atom is -0.508 e. The van der Waals surface area contributed by atoms with Crippen molar-refractivity contribution in [1.82, 2.24) is 0 Å². The highest BCUT2D eigenvalue weighted by Gasteiger charge is 2.57. The van der Waals surface area contributed by atoms with Crippen LogP contribution in [0.5, 0.6) is 11.5 Å². The van der Waals surface area contributed by atoms with Gasteiger partial charge in [-0.1, -0.05) is 6.08 Å². The van der Waals surface area contributed by atoms with Gasteiger partial charge in [0.1, 0.15) is 17.4 Å². The number of hydrogen-bond donors (Lipinski definition) is 3. The first-order valence-corrected chi connectivity index (χ1v) is 7.07. The smallest absolute Gasteiger partial charge is 0.331 e. The highest BCUT2D eigenvalue weighted by molar-refractivity contribution is 6.10. The fraction of sp³-hybridized carbons (Fsp3) is 0.312. The first-order valence-electron chi connectivity index (χ1n) is 7.07. The van der Waals surface area contributed by atoms with Gasteiger partial charge in [-0.25, -0.2) is 4.79 Å². The number of carboxylic acid groups (broad SMARTS) is 2. The van der Waals surface area contributed by atoms with Crippen molar-refractivity contribution < 1.29 is 34.4 Å². The first kappa shape index (κ1) is 15.1. The monoisotopic (exact) mass is 318 g/mol. The van der Waals surface area contributed by atoms with Crippen molar-refractivity contribution in [2.45, 2.75) is 24.9 Å². The molecular weight excluding hydrogens is 304 g/mol. The number of aromatic hydroxyl groups is 1. The topological polar surface area (TPSA) is 121 Å². The van der Waals surface area contributed by atoms with Crippen LogP contribution in [0.25, 0.3) is 0 Å². The summed E-state index contributed by atoms with van der Waals surface area (Å²) in [5.74, 6) is -4.18. The fourth-order valence-corrected chi connectivity index (χ4v) is 3.22. The first-order chi connectivity index (χ1) is 10.8. The van der Waals surface area contributed by atoms with Gasteiger partial charge in [0.2, 0.25) is 5.78 Å². The van der Waals surface area contributed by atoms with Crippen molar-refractivity contribution in [1.29, 1.82) is 0 Å². The van der Waals surface area contributed by atoms with Gasteiger partial charge < -0.3 is 20.1 Å². The number of phenolic OH excluding ortho intramolecular Hbond substituents is 1. The molecule has 1 heterocycles. The number of benzene rings is 1. The van der Waals surface area contributed by atoms with Gasteiger partial charge in [-0.05, 0) is 31.0 Å². The van der Waals surface area contributed by atoms with Crippen LogP contribution >= 0.6 is 0 Å². The Bertz CT molecular complexity index is 749. The Balaban J connectivity index is 2.12. The molecule has 3 N–H and O–H groups in total. The van der Waals surface area contributed by atoms with Crippen LogP contribution in [0.15, 0.2) is 29.8 Å². The summed E-state index contributed by atoms with van der Waals surface area (Å²) in [6, 6.07) is 3.91. The number of rotatable bonds is 2. The Hall–Kier alpha value is -2.83. The molecule has 1 aromatic carbocycles. The molecule has 0 fully saturated rings. The Morgan fingerprint density at radius 1 is 1.26 bits per heavy atom. The number of carbonyl (C=O) groups is 3. The largest absolute Gasteiger partial charge is 0.508 e. The number of carboxylic acids is 2. The van der Waals surface area contributed by atoms with Crippen LogP contribution in [-0.4, -0.2) is 38.6 Å². The molecule has 0 saturated heterocycles. The van der Waals surface area contributed by atoms with Gasteiger partial charge in [0.05, 0.1) is 5.56 Å². The van der Waals surface area contributed by atoms with Crippen molar-refractivity contribution in [3.8, 4) is 11.5 Å². The lowest BCUT2D eigenvalue weighted by Gasteiger charge is -2.31. The van der Waals surface area contributed by atoms with Gasteiger partial charge >= 0.3 is 11.9 Å². The summed E-state index contributed by atoms with van der Waals surface area (Å²) in [7, 11) is 0. The highest BCUT2D eigenvalue weighted by Crippen LogP contribution is 2.46. The average Bonchev–Trinajstić information content (AvgIpc) is 2.65. The normalized spacial score (nSPS) is 26.2. The van der Waals surface area contributed by atoms with Crippen LogP contribution < -0.4 is 4.74 Å². The van der Waals surface area contributed by atoms with Crippen molar-refractivity contribution in [3.05, 3.63) is 35.4 Å². The number of ether oxygens (including phenoxy) is 1. The molecule has 0 saturated carbocycles. The molecule has 1 aliphatic carbocycles. The van der Waals surface area contributed by atoms with E-state index in [1.807, 2.05) is 0 Å². The molecule has 2 atom stereocenters. The molecule has 7 heteroatoms. The average molecular weight is 318 g/mol. The standard InChI is InChI=1S/C16H14O7/c17-9-4-5-12-10(6-9)13(18)16(23-12)7-8(14(19)20)2-1-3-11(16)15(21)22/h2,4-6,11,17H,1,3,7H2,(H,19,20)(H,21,22). The Morgan fingerprint density at radius 3 is 2.65 bits per heavy atom. The quantitative estimate of drug-likeness (QED) is 0.757. The van der Waals surface area contributed by atoms with E-state index in [0.717, 1.165) is 0 Å². The molecule has 0 radical (unpaired) electrons. The minimum atomic E-state index is -1.79. The van der Waals surface area contributed by atoms with Gasteiger partial charge in [-0.15, -0.1) is 0 Å². The third kappa shape index (κ3) is 2.25. The van der Waals surface area contributed by atoms with Crippen LogP contribution in [0.3, 0.4) is 0 Å². The van der Waals surface area contributed by atoms with Crippen molar-refractivity contribution in [3.63, 3.8) is 0 Å². The number of phenols is 1. The van der Waals surface area contributed by atoms with Gasteiger partial charge in [-0.2, -0.15) is 0 Å². The number of hydrogen-bond acceptors (Lipinski definition) is 5. The lowest BCUT2D eigenvalue weighted by Crippen LogP contribution is -2.50. The number of allylic oxidation sites excluding steroid dienone is 1. The summed E-state index contributed by atoms with van der Waals surface area (Å²) in [5.41, 5.74) is -1.76. The summed E-state index contributed by atoms with van der Waals surface area (Å²) in [6.07, 6.45) is 1.44. The van der Waals surface area contributed by atoms with E-state index in [9.17, 15) is 29.7 Å². The molecule has 0 amide bonds. The van der Waals surface area contributed by atoms with Crippen molar-refractivity contribution in [2.24, 2.45) is 5.92 Å². The number of ketones is 1. The molecule has 1 aliphatic heterocycles. The van der Waals surface area contributed by atoms with Crippen LogP contribution in [0.1, 0.15) is 29.6 Å². The lowest BCUT2D eigenvalue weighted by molar-refractivity contribution is -0.148. The zero-order chi connectivity index (χ0) is 16.8. The van der Waals surface area contributed by atoms with Crippen LogP contribution in [0.4, 0.5) is 0 Å². The maximum Gasteiger partial charge on any atom is 0.331 e. The Morgan fingerprint density at radius 2 is 2.00 bits per heavy atom. The van der Waals surface area contributed by atoms with E-state index in [1.54, 1.807) is 0 Å². The highest BCUT2D eigenvalue weighted by atomic mass is 16.5. The van der Waals surface area contributed by atoms with Gasteiger partial charge in [0.25, 0.3) is 0 Å². The number of carbonyl (C=O) groups excluding carboxylic acids is 1. The maximum atomic E-state index is 12.8. The molecule has 0 bridgehead atoms. The molecule has 3 rings (SSSR count). The summed E-state index contributed by atoms with van der Waals surface area (Å²) in [4.78, 5) is 35.8. The van der Waals surface area contributed by atoms with E-state index in [0.29, 0.717) is 0 Å². The second-order valence-corrected chi connectivity index (χ2v) is 5.68. The SMILES string of the molecule is O=C(O)C1=CCCC(C(=O)O)C2(C1)Oc1ccc(O)cc1C2=O. The van der Waals surface area contributed by atoms with Crippen molar-refractivity contribution in [2.75, 3.05) is 0 Å². The minimum absolute atomic E-state index is 0.0425. The molecule has 120 valence electrons. The van der Waals surface area contributed by atoms with Crippen LogP contribution in [-0.2, 0) is 9.59 Å². The maximum absolute atomic E-state index is 12.8. The molecule has 7 nitrogen and oxygen atoms in total. The summed E-state index contributed by atoms with van der Waals surface area (Å²) in [5, 5.41) is 28.3. The Labute approximate surface area is 130 Å². The van der Waals surface area contributed by atoms with Crippen LogP contribution in [0, 0.1) is 5.92 Å².